The van der Waals surface area contributed by atoms with E-state index in [0.717, 1.165) is 10.5 Å². The van der Waals surface area contributed by atoms with Crippen molar-refractivity contribution in [2.75, 3.05) is 24.9 Å². The second-order valence-electron chi connectivity index (χ2n) is 7.25. The molecule has 2 amide bonds. The molecule has 2 N–H and O–H groups in total. The number of hydrogen-bond donors (Lipinski definition) is 2. The molecule has 0 radical (unpaired) electrons. The molecule has 0 fully saturated rings. The standard InChI is InChI=1S/C26H23N3O4S2/c1-32-20-12-7-13-21(33-2)22(20)24(30)28-18-10-6-11-19(16-18)35-23(17-8-4-3-5-9-17)25(31)29-26-27-14-15-34-26/h3-16,23H,1-2H3,(H,28,30)(H,27,29,31). The number of hydrogen-bond acceptors (Lipinski definition) is 7. The largest absolute Gasteiger partial charge is 0.496 e. The monoisotopic (exact) mass is 505 g/mol. The third kappa shape index (κ3) is 6.00. The lowest BCUT2D eigenvalue weighted by molar-refractivity contribution is -0.115. The van der Waals surface area contributed by atoms with Crippen LogP contribution in [-0.2, 0) is 4.79 Å². The Bertz CT molecular complexity index is 1270. The van der Waals surface area contributed by atoms with Gasteiger partial charge in [-0.05, 0) is 35.9 Å². The minimum atomic E-state index is -0.514. The van der Waals surface area contributed by atoms with Crippen LogP contribution in [0.25, 0.3) is 0 Å². The highest BCUT2D eigenvalue weighted by Crippen LogP contribution is 2.37. The van der Waals surface area contributed by atoms with Gasteiger partial charge in [0.15, 0.2) is 5.13 Å². The third-order valence-electron chi connectivity index (χ3n) is 5.00. The smallest absolute Gasteiger partial charge is 0.263 e. The van der Waals surface area contributed by atoms with Gasteiger partial charge in [-0.1, -0.05) is 42.5 Å². The van der Waals surface area contributed by atoms with Gasteiger partial charge in [-0.25, -0.2) is 4.98 Å². The number of aromatic nitrogens is 1. The number of methoxy groups -OCH3 is 2. The van der Waals surface area contributed by atoms with E-state index in [-0.39, 0.29) is 11.8 Å². The summed E-state index contributed by atoms with van der Waals surface area (Å²) in [5.74, 6) is 0.290. The maximum atomic E-state index is 13.1. The van der Waals surface area contributed by atoms with Crippen LogP contribution in [0.4, 0.5) is 10.8 Å². The van der Waals surface area contributed by atoms with Gasteiger partial charge >= 0.3 is 0 Å². The molecular weight excluding hydrogens is 482 g/mol. The second-order valence-corrected chi connectivity index (χ2v) is 9.33. The first kappa shape index (κ1) is 24.3. The van der Waals surface area contributed by atoms with Gasteiger partial charge < -0.3 is 20.1 Å². The summed E-state index contributed by atoms with van der Waals surface area (Å²) < 4.78 is 10.7. The zero-order chi connectivity index (χ0) is 24.6. The van der Waals surface area contributed by atoms with Gasteiger partial charge in [-0.15, -0.1) is 23.1 Å². The summed E-state index contributed by atoms with van der Waals surface area (Å²) in [6, 6.07) is 22.1. The van der Waals surface area contributed by atoms with Gasteiger partial charge in [0.05, 0.1) is 14.2 Å². The molecule has 0 spiro atoms. The minimum absolute atomic E-state index is 0.177. The summed E-state index contributed by atoms with van der Waals surface area (Å²) in [7, 11) is 3.01. The number of carbonyl (C=O) groups is 2. The molecule has 3 aromatic carbocycles. The van der Waals surface area contributed by atoms with Crippen LogP contribution in [0.2, 0.25) is 0 Å². The Morgan fingerprint density at radius 3 is 2.29 bits per heavy atom. The molecule has 0 bridgehead atoms. The van der Waals surface area contributed by atoms with E-state index in [1.807, 2.05) is 53.9 Å². The van der Waals surface area contributed by atoms with E-state index < -0.39 is 5.25 Å². The number of ether oxygens (including phenoxy) is 2. The summed E-state index contributed by atoms with van der Waals surface area (Å²) >= 11 is 2.75. The molecule has 35 heavy (non-hydrogen) atoms. The fourth-order valence-corrected chi connectivity index (χ4v) is 5.02. The zero-order valence-electron chi connectivity index (χ0n) is 19.1. The van der Waals surface area contributed by atoms with E-state index in [1.54, 1.807) is 30.5 Å². The van der Waals surface area contributed by atoms with E-state index in [2.05, 4.69) is 15.6 Å². The number of thiazole rings is 1. The summed E-state index contributed by atoms with van der Waals surface area (Å²) in [5, 5.41) is 7.63. The Labute approximate surface area is 211 Å². The lowest BCUT2D eigenvalue weighted by atomic mass is 10.1. The Hall–Kier alpha value is -3.82. The highest BCUT2D eigenvalue weighted by Gasteiger charge is 2.23. The molecule has 4 aromatic rings. The predicted molar refractivity (Wildman–Crippen MR) is 140 cm³/mol. The molecule has 7 nitrogen and oxygen atoms in total. The first-order chi connectivity index (χ1) is 17.1. The fourth-order valence-electron chi connectivity index (χ4n) is 3.41. The van der Waals surface area contributed by atoms with Crippen molar-refractivity contribution >= 4 is 45.7 Å². The molecule has 0 aliphatic rings. The number of thioether (sulfide) groups is 1. The van der Waals surface area contributed by atoms with Crippen LogP contribution in [0.5, 0.6) is 11.5 Å². The number of nitrogens with one attached hydrogen (secondary N) is 2. The van der Waals surface area contributed by atoms with Gasteiger partial charge in [0, 0.05) is 22.2 Å². The maximum absolute atomic E-state index is 13.1. The topological polar surface area (TPSA) is 89.5 Å². The van der Waals surface area contributed by atoms with E-state index >= 15 is 0 Å². The van der Waals surface area contributed by atoms with Crippen molar-refractivity contribution in [3.8, 4) is 11.5 Å². The van der Waals surface area contributed by atoms with Crippen LogP contribution in [0.3, 0.4) is 0 Å². The predicted octanol–water partition coefficient (Wildman–Crippen LogP) is 5.88. The number of anilines is 2. The molecule has 0 aliphatic heterocycles. The Kier molecular flexibility index (Phi) is 8.02. The van der Waals surface area contributed by atoms with Crippen LogP contribution >= 0.6 is 23.1 Å². The molecule has 0 saturated carbocycles. The van der Waals surface area contributed by atoms with Crippen LogP contribution in [0.1, 0.15) is 21.2 Å². The average molecular weight is 506 g/mol. The zero-order valence-corrected chi connectivity index (χ0v) is 20.7. The first-order valence-electron chi connectivity index (χ1n) is 10.6. The number of benzene rings is 3. The lowest BCUT2D eigenvalue weighted by Gasteiger charge is -2.17. The fraction of sp³-hybridized carbons (Fsp3) is 0.115. The van der Waals surface area contributed by atoms with Crippen LogP contribution < -0.4 is 20.1 Å². The lowest BCUT2D eigenvalue weighted by Crippen LogP contribution is -2.19. The van der Waals surface area contributed by atoms with Crippen LogP contribution in [-0.4, -0.2) is 31.0 Å². The van der Waals surface area contributed by atoms with Crippen molar-refractivity contribution in [3.05, 3.63) is 95.5 Å². The summed E-state index contributed by atoms with van der Waals surface area (Å²) in [6.07, 6.45) is 1.65. The Balaban J connectivity index is 1.56. The Morgan fingerprint density at radius 1 is 0.914 bits per heavy atom. The van der Waals surface area contributed by atoms with Crippen molar-refractivity contribution in [1.29, 1.82) is 0 Å². The van der Waals surface area contributed by atoms with Crippen molar-refractivity contribution in [3.63, 3.8) is 0 Å². The first-order valence-corrected chi connectivity index (χ1v) is 12.4. The normalized spacial score (nSPS) is 11.4. The highest BCUT2D eigenvalue weighted by molar-refractivity contribution is 8.00. The third-order valence-corrected chi connectivity index (χ3v) is 6.94. The quantitative estimate of drug-likeness (QED) is 0.276. The van der Waals surface area contributed by atoms with E-state index in [9.17, 15) is 9.59 Å². The van der Waals surface area contributed by atoms with Gasteiger partial charge in [0.25, 0.3) is 5.91 Å². The van der Waals surface area contributed by atoms with Gasteiger partial charge in [0.1, 0.15) is 22.3 Å². The molecule has 4 rings (SSSR count). The molecule has 0 aliphatic carbocycles. The second kappa shape index (κ2) is 11.5. The van der Waals surface area contributed by atoms with Crippen molar-refractivity contribution in [2.45, 2.75) is 10.1 Å². The van der Waals surface area contributed by atoms with Crippen LogP contribution in [0.15, 0.2) is 89.3 Å². The van der Waals surface area contributed by atoms with Crippen LogP contribution in [0, 0.1) is 0 Å². The molecule has 9 heteroatoms. The molecular formula is C26H23N3O4S2. The molecule has 0 saturated heterocycles. The molecule has 1 heterocycles. The van der Waals surface area contributed by atoms with E-state index in [4.69, 9.17) is 9.47 Å². The number of nitrogens with zero attached hydrogens (tertiary/aromatic N) is 1. The maximum Gasteiger partial charge on any atom is 0.263 e. The number of amides is 2. The summed E-state index contributed by atoms with van der Waals surface area (Å²) in [5.41, 5.74) is 1.75. The molecule has 1 unspecified atom stereocenters. The van der Waals surface area contributed by atoms with Crippen molar-refractivity contribution in [1.82, 2.24) is 4.98 Å². The molecule has 1 atom stereocenters. The van der Waals surface area contributed by atoms with Gasteiger partial charge in [0.2, 0.25) is 5.91 Å². The number of rotatable bonds is 9. The average Bonchev–Trinajstić information content (AvgIpc) is 3.40. The summed E-state index contributed by atoms with van der Waals surface area (Å²) in [6.45, 7) is 0. The van der Waals surface area contributed by atoms with Crippen molar-refractivity contribution in [2.24, 2.45) is 0 Å². The van der Waals surface area contributed by atoms with Crippen molar-refractivity contribution < 1.29 is 19.1 Å². The minimum Gasteiger partial charge on any atom is -0.496 e. The SMILES string of the molecule is COc1cccc(OC)c1C(=O)Nc1cccc(SC(C(=O)Nc2nccs2)c2ccccc2)c1. The Morgan fingerprint density at radius 2 is 1.63 bits per heavy atom. The number of carbonyl (C=O) groups excluding carboxylic acids is 2. The molecule has 178 valence electrons. The van der Waals surface area contributed by atoms with E-state index in [1.165, 1.54) is 37.3 Å². The van der Waals surface area contributed by atoms with E-state index in [0.29, 0.717) is 27.9 Å². The summed E-state index contributed by atoms with van der Waals surface area (Å²) in [4.78, 5) is 31.2. The van der Waals surface area contributed by atoms with Gasteiger partial charge in [-0.3, -0.25) is 9.59 Å². The highest BCUT2D eigenvalue weighted by atomic mass is 32.2. The molecule has 1 aromatic heterocycles. The van der Waals surface area contributed by atoms with Gasteiger partial charge in [-0.2, -0.15) is 0 Å².